The number of amides is 3. The minimum absolute atomic E-state index is 0.0529. The number of likely N-dealkylation sites (tertiary alicyclic amines) is 3. The van der Waals surface area contributed by atoms with Crippen LogP contribution in [0.5, 0.6) is 0 Å². The van der Waals surface area contributed by atoms with E-state index in [9.17, 15) is 14.4 Å². The molecule has 3 aliphatic heterocycles. The molecule has 3 saturated heterocycles. The number of carbonyl (C=O) groups excluding carboxylic acids is 3. The van der Waals surface area contributed by atoms with Gasteiger partial charge >= 0.3 is 0 Å². The SMILES string of the molecule is CCCCN1C[C@]2(CCCN(C(=O)C3CCN(C(C)=O)CC3)C2)CCC1=O. The first-order valence-electron chi connectivity index (χ1n) is 10.8. The van der Waals surface area contributed by atoms with Gasteiger partial charge in [-0.25, -0.2) is 0 Å². The normalized spacial score (nSPS) is 27.3. The summed E-state index contributed by atoms with van der Waals surface area (Å²) in [5, 5.41) is 0. The summed E-state index contributed by atoms with van der Waals surface area (Å²) in [6, 6.07) is 0. The molecule has 1 spiro atoms. The average molecular weight is 378 g/mol. The molecule has 0 unspecified atom stereocenters. The number of carbonyl (C=O) groups is 3. The van der Waals surface area contributed by atoms with Crippen LogP contribution in [0.4, 0.5) is 0 Å². The molecule has 0 aromatic rings. The maximum Gasteiger partial charge on any atom is 0.225 e. The van der Waals surface area contributed by atoms with E-state index in [0.29, 0.717) is 19.5 Å². The number of rotatable bonds is 4. The number of hydrogen-bond acceptors (Lipinski definition) is 3. The largest absolute Gasteiger partial charge is 0.343 e. The molecule has 0 radical (unpaired) electrons. The van der Waals surface area contributed by atoms with Gasteiger partial charge in [0.2, 0.25) is 17.7 Å². The Labute approximate surface area is 163 Å². The van der Waals surface area contributed by atoms with Gasteiger partial charge in [0.25, 0.3) is 0 Å². The average Bonchev–Trinajstić information content (AvgIpc) is 2.68. The zero-order chi connectivity index (χ0) is 19.4. The van der Waals surface area contributed by atoms with Crippen LogP contribution in [0.15, 0.2) is 0 Å². The lowest BCUT2D eigenvalue weighted by Gasteiger charge is -2.49. The number of piperidine rings is 3. The molecule has 0 aliphatic carbocycles. The van der Waals surface area contributed by atoms with Crippen molar-refractivity contribution in [3.05, 3.63) is 0 Å². The summed E-state index contributed by atoms with van der Waals surface area (Å²) < 4.78 is 0. The van der Waals surface area contributed by atoms with Crippen LogP contribution >= 0.6 is 0 Å². The van der Waals surface area contributed by atoms with Crippen molar-refractivity contribution < 1.29 is 14.4 Å². The molecule has 3 aliphatic rings. The van der Waals surface area contributed by atoms with Crippen molar-refractivity contribution in [2.75, 3.05) is 39.3 Å². The van der Waals surface area contributed by atoms with Crippen LogP contribution in [0.3, 0.4) is 0 Å². The van der Waals surface area contributed by atoms with Crippen LogP contribution in [0, 0.1) is 11.3 Å². The fraction of sp³-hybridized carbons (Fsp3) is 0.857. The van der Waals surface area contributed by atoms with Crippen molar-refractivity contribution in [1.29, 1.82) is 0 Å². The Morgan fingerprint density at radius 2 is 1.81 bits per heavy atom. The molecule has 6 heteroatoms. The summed E-state index contributed by atoms with van der Waals surface area (Å²) in [6.07, 6.45) is 7.42. The standard InChI is InChI=1S/C21H35N3O3/c1-3-4-11-23-15-21(10-6-19(23)26)9-5-12-24(16-21)20(27)18-7-13-22(14-8-18)17(2)25/h18H,3-16H2,1-2H3/t21-/m0/s1. The molecule has 1 atom stereocenters. The van der Waals surface area contributed by atoms with Gasteiger partial charge in [0, 0.05) is 63.9 Å². The van der Waals surface area contributed by atoms with Crippen molar-refractivity contribution >= 4 is 17.7 Å². The van der Waals surface area contributed by atoms with Gasteiger partial charge in [-0.3, -0.25) is 14.4 Å². The Hall–Kier alpha value is -1.59. The topological polar surface area (TPSA) is 60.9 Å². The summed E-state index contributed by atoms with van der Waals surface area (Å²) in [4.78, 5) is 42.9. The molecule has 0 saturated carbocycles. The molecule has 0 aromatic heterocycles. The van der Waals surface area contributed by atoms with Crippen molar-refractivity contribution in [2.24, 2.45) is 11.3 Å². The molecule has 0 aromatic carbocycles. The Bertz CT molecular complexity index is 571. The van der Waals surface area contributed by atoms with Gasteiger partial charge in [-0.2, -0.15) is 0 Å². The number of nitrogens with zero attached hydrogens (tertiary/aromatic N) is 3. The minimum Gasteiger partial charge on any atom is -0.343 e. The van der Waals surface area contributed by atoms with E-state index >= 15 is 0 Å². The molecule has 0 N–H and O–H groups in total. The van der Waals surface area contributed by atoms with Crippen molar-refractivity contribution in [1.82, 2.24) is 14.7 Å². The first-order chi connectivity index (χ1) is 12.9. The van der Waals surface area contributed by atoms with Crippen LogP contribution in [-0.2, 0) is 14.4 Å². The molecular weight excluding hydrogens is 342 g/mol. The van der Waals surface area contributed by atoms with E-state index in [0.717, 1.165) is 71.1 Å². The minimum atomic E-state index is 0.0529. The highest BCUT2D eigenvalue weighted by Crippen LogP contribution is 2.39. The highest BCUT2D eigenvalue weighted by Gasteiger charge is 2.43. The summed E-state index contributed by atoms with van der Waals surface area (Å²) in [5.74, 6) is 0.720. The maximum absolute atomic E-state index is 13.1. The van der Waals surface area contributed by atoms with E-state index in [4.69, 9.17) is 0 Å². The molecule has 27 heavy (non-hydrogen) atoms. The van der Waals surface area contributed by atoms with Gasteiger partial charge in [-0.15, -0.1) is 0 Å². The Kier molecular flexibility index (Phi) is 6.43. The predicted molar refractivity (Wildman–Crippen MR) is 104 cm³/mol. The Morgan fingerprint density at radius 1 is 1.07 bits per heavy atom. The highest BCUT2D eigenvalue weighted by atomic mass is 16.2. The van der Waals surface area contributed by atoms with Crippen molar-refractivity contribution in [3.63, 3.8) is 0 Å². The first-order valence-corrected chi connectivity index (χ1v) is 10.8. The smallest absolute Gasteiger partial charge is 0.225 e. The van der Waals surface area contributed by atoms with Gasteiger partial charge in [0.1, 0.15) is 0 Å². The highest BCUT2D eigenvalue weighted by molar-refractivity contribution is 5.80. The number of hydrogen-bond donors (Lipinski definition) is 0. The molecule has 3 heterocycles. The van der Waals surface area contributed by atoms with E-state index < -0.39 is 0 Å². The van der Waals surface area contributed by atoms with E-state index in [-0.39, 0.29) is 29.1 Å². The van der Waals surface area contributed by atoms with E-state index in [2.05, 4.69) is 11.8 Å². The molecule has 152 valence electrons. The van der Waals surface area contributed by atoms with E-state index in [1.165, 1.54) is 0 Å². The third-order valence-corrected chi connectivity index (χ3v) is 6.79. The van der Waals surface area contributed by atoms with Crippen LogP contribution < -0.4 is 0 Å². The number of unbranched alkanes of at least 4 members (excludes halogenated alkanes) is 1. The molecule has 3 amide bonds. The van der Waals surface area contributed by atoms with Gasteiger partial charge < -0.3 is 14.7 Å². The van der Waals surface area contributed by atoms with Gasteiger partial charge in [0.15, 0.2) is 0 Å². The summed E-state index contributed by atoms with van der Waals surface area (Å²) >= 11 is 0. The predicted octanol–water partition coefficient (Wildman–Crippen LogP) is 2.28. The molecular formula is C21H35N3O3. The van der Waals surface area contributed by atoms with E-state index in [1.54, 1.807) is 6.92 Å². The summed E-state index contributed by atoms with van der Waals surface area (Å²) in [7, 11) is 0. The monoisotopic (exact) mass is 377 g/mol. The summed E-state index contributed by atoms with van der Waals surface area (Å²) in [5.41, 5.74) is 0.0929. The van der Waals surface area contributed by atoms with Gasteiger partial charge in [-0.1, -0.05) is 13.3 Å². The lowest BCUT2D eigenvalue weighted by atomic mass is 9.73. The van der Waals surface area contributed by atoms with Crippen LogP contribution in [-0.4, -0.2) is 71.7 Å². The second kappa shape index (κ2) is 8.61. The van der Waals surface area contributed by atoms with Crippen LogP contribution in [0.25, 0.3) is 0 Å². The molecule has 3 fully saturated rings. The second-order valence-electron chi connectivity index (χ2n) is 8.81. The quantitative estimate of drug-likeness (QED) is 0.755. The fourth-order valence-corrected chi connectivity index (χ4v) is 5.08. The van der Waals surface area contributed by atoms with Gasteiger partial charge in [-0.05, 0) is 38.5 Å². The maximum atomic E-state index is 13.1. The zero-order valence-electron chi connectivity index (χ0n) is 17.0. The molecule has 0 bridgehead atoms. The second-order valence-corrected chi connectivity index (χ2v) is 8.81. The molecule has 3 rings (SSSR count). The lowest BCUT2D eigenvalue weighted by Crippen LogP contribution is -2.56. The van der Waals surface area contributed by atoms with Crippen LogP contribution in [0.2, 0.25) is 0 Å². The zero-order valence-corrected chi connectivity index (χ0v) is 17.0. The van der Waals surface area contributed by atoms with Crippen molar-refractivity contribution in [3.8, 4) is 0 Å². The lowest BCUT2D eigenvalue weighted by molar-refractivity contribution is -0.147. The summed E-state index contributed by atoms with van der Waals surface area (Å²) in [6.45, 7) is 8.47. The van der Waals surface area contributed by atoms with E-state index in [1.807, 2.05) is 9.80 Å². The first kappa shape index (κ1) is 20.2. The Morgan fingerprint density at radius 3 is 2.48 bits per heavy atom. The molecule has 6 nitrogen and oxygen atoms in total. The third-order valence-electron chi connectivity index (χ3n) is 6.79. The Balaban J connectivity index is 1.59. The van der Waals surface area contributed by atoms with Crippen LogP contribution in [0.1, 0.15) is 65.2 Å². The third kappa shape index (κ3) is 4.64. The van der Waals surface area contributed by atoms with Gasteiger partial charge in [0.05, 0.1) is 0 Å². The van der Waals surface area contributed by atoms with Crippen molar-refractivity contribution in [2.45, 2.75) is 65.2 Å². The fourth-order valence-electron chi connectivity index (χ4n) is 5.08.